The molecule has 0 heterocycles. The zero-order valence-electron chi connectivity index (χ0n) is 11.8. The maximum Gasteiger partial charge on any atom is 0.334 e. The molecule has 1 saturated carbocycles. The van der Waals surface area contributed by atoms with Crippen LogP contribution in [0, 0.1) is 5.82 Å². The molecule has 1 aromatic carbocycles. The Bertz CT molecular complexity index is 542. The average molecular weight is 295 g/mol. The Hall–Kier alpha value is -1.95. The van der Waals surface area contributed by atoms with Crippen molar-refractivity contribution in [3.63, 3.8) is 0 Å². The van der Waals surface area contributed by atoms with Gasteiger partial charge in [0.05, 0.1) is 12.0 Å². The molecule has 1 aromatic rings. The summed E-state index contributed by atoms with van der Waals surface area (Å²) >= 11 is 0. The van der Waals surface area contributed by atoms with Crippen LogP contribution in [0.3, 0.4) is 0 Å². The molecule has 0 aliphatic heterocycles. The number of ether oxygens (including phenoxy) is 1. The van der Waals surface area contributed by atoms with E-state index in [1.807, 2.05) is 0 Å². The van der Waals surface area contributed by atoms with E-state index in [9.17, 15) is 14.0 Å². The molecule has 0 spiro atoms. The Morgan fingerprint density at radius 1 is 1.48 bits per heavy atom. The highest BCUT2D eigenvalue weighted by molar-refractivity contribution is 5.89. The van der Waals surface area contributed by atoms with Gasteiger partial charge in [-0.2, -0.15) is 0 Å². The van der Waals surface area contributed by atoms with Crippen molar-refractivity contribution in [2.45, 2.75) is 30.8 Å². The molecule has 114 valence electrons. The topological polar surface area (TPSA) is 75.6 Å². The second-order valence-corrected chi connectivity index (χ2v) is 5.22. The molecule has 1 aliphatic carbocycles. The van der Waals surface area contributed by atoms with Gasteiger partial charge in [0.15, 0.2) is 6.10 Å². The summed E-state index contributed by atoms with van der Waals surface area (Å²) in [6, 6.07) is 6.00. The fourth-order valence-corrected chi connectivity index (χ4v) is 2.59. The Morgan fingerprint density at radius 3 is 2.67 bits per heavy atom. The molecule has 21 heavy (non-hydrogen) atoms. The first-order valence-electron chi connectivity index (χ1n) is 6.79. The lowest BCUT2D eigenvalue weighted by Crippen LogP contribution is -2.51. The van der Waals surface area contributed by atoms with Crippen molar-refractivity contribution in [1.82, 2.24) is 5.32 Å². The summed E-state index contributed by atoms with van der Waals surface area (Å²) in [6.07, 6.45) is 1.06. The molecule has 2 rings (SSSR count). The summed E-state index contributed by atoms with van der Waals surface area (Å²) in [5.41, 5.74) is -0.116. The number of aliphatic carboxylic acids is 1. The Kier molecular flexibility index (Phi) is 4.57. The first-order chi connectivity index (χ1) is 9.99. The lowest BCUT2D eigenvalue weighted by atomic mass is 9.64. The number of benzene rings is 1. The molecule has 0 bridgehead atoms. The molecule has 1 aliphatic rings. The van der Waals surface area contributed by atoms with Crippen LogP contribution in [0.1, 0.15) is 24.8 Å². The molecule has 0 radical (unpaired) electrons. The van der Waals surface area contributed by atoms with Crippen molar-refractivity contribution in [3.8, 4) is 0 Å². The summed E-state index contributed by atoms with van der Waals surface area (Å²) in [5.74, 6) is -1.79. The molecular weight excluding hydrogens is 277 g/mol. The first kappa shape index (κ1) is 15.4. The second kappa shape index (κ2) is 6.22. The third-order valence-electron chi connectivity index (χ3n) is 4.03. The van der Waals surface area contributed by atoms with Crippen LogP contribution in [0.5, 0.6) is 0 Å². The predicted molar refractivity (Wildman–Crippen MR) is 73.4 cm³/mol. The third-order valence-corrected chi connectivity index (χ3v) is 4.03. The van der Waals surface area contributed by atoms with Crippen molar-refractivity contribution in [2.75, 3.05) is 13.7 Å². The van der Waals surface area contributed by atoms with E-state index in [1.165, 1.54) is 19.2 Å². The maximum absolute atomic E-state index is 13.4. The number of carbonyl (C=O) groups excluding carboxylic acids is 1. The molecule has 5 nitrogen and oxygen atoms in total. The predicted octanol–water partition coefficient (Wildman–Crippen LogP) is 1.46. The summed E-state index contributed by atoms with van der Waals surface area (Å²) in [4.78, 5) is 23.3. The number of hydrogen-bond acceptors (Lipinski definition) is 3. The van der Waals surface area contributed by atoms with Gasteiger partial charge in [-0.05, 0) is 30.5 Å². The van der Waals surface area contributed by atoms with Gasteiger partial charge in [0.1, 0.15) is 5.82 Å². The molecule has 6 heteroatoms. The van der Waals surface area contributed by atoms with E-state index in [0.717, 1.165) is 6.42 Å². The van der Waals surface area contributed by atoms with Gasteiger partial charge in [-0.1, -0.05) is 18.6 Å². The van der Waals surface area contributed by atoms with Crippen molar-refractivity contribution in [3.05, 3.63) is 35.6 Å². The van der Waals surface area contributed by atoms with E-state index >= 15 is 0 Å². The number of methoxy groups -OCH3 is 1. The van der Waals surface area contributed by atoms with Gasteiger partial charge < -0.3 is 15.2 Å². The van der Waals surface area contributed by atoms with E-state index in [-0.39, 0.29) is 18.3 Å². The van der Waals surface area contributed by atoms with Crippen LogP contribution >= 0.6 is 0 Å². The number of carboxylic acid groups (broad SMARTS) is 1. The van der Waals surface area contributed by atoms with Gasteiger partial charge >= 0.3 is 5.97 Å². The molecular formula is C15H18FNO4. The number of carboxylic acids is 1. The van der Waals surface area contributed by atoms with Gasteiger partial charge in [0.2, 0.25) is 5.91 Å². The van der Waals surface area contributed by atoms with Crippen molar-refractivity contribution >= 4 is 11.9 Å². The number of amides is 1. The summed E-state index contributed by atoms with van der Waals surface area (Å²) in [6.45, 7) is -0.109. The first-order valence-corrected chi connectivity index (χ1v) is 6.79. The standard InChI is InChI=1S/C15H18FNO4/c1-21-12(13(18)19)9-17-14(20)15(6-3-7-15)10-4-2-5-11(16)8-10/h2,4-5,8,12H,3,6-7,9H2,1H3,(H,17,20)(H,18,19). The number of carbonyl (C=O) groups is 2. The minimum absolute atomic E-state index is 0.109. The van der Waals surface area contributed by atoms with Crippen LogP contribution in [0.25, 0.3) is 0 Å². The monoisotopic (exact) mass is 295 g/mol. The third kappa shape index (κ3) is 3.05. The maximum atomic E-state index is 13.4. The van der Waals surface area contributed by atoms with E-state index in [4.69, 9.17) is 9.84 Å². The van der Waals surface area contributed by atoms with Crippen LogP contribution in [0.15, 0.2) is 24.3 Å². The lowest BCUT2D eigenvalue weighted by Gasteiger charge is -2.40. The number of rotatable bonds is 6. The average Bonchev–Trinajstić information content (AvgIpc) is 2.37. The largest absolute Gasteiger partial charge is 0.479 e. The zero-order chi connectivity index (χ0) is 15.5. The van der Waals surface area contributed by atoms with Crippen LogP contribution in [-0.2, 0) is 19.7 Å². The minimum Gasteiger partial charge on any atom is -0.479 e. The van der Waals surface area contributed by atoms with Crippen LogP contribution in [0.4, 0.5) is 4.39 Å². The van der Waals surface area contributed by atoms with Crippen molar-refractivity contribution in [1.29, 1.82) is 0 Å². The normalized spacial score (nSPS) is 17.6. The highest BCUT2D eigenvalue weighted by Crippen LogP contribution is 2.44. The summed E-state index contributed by atoms with van der Waals surface area (Å²) in [5, 5.41) is 11.5. The van der Waals surface area contributed by atoms with E-state index in [1.54, 1.807) is 12.1 Å². The van der Waals surface area contributed by atoms with Gasteiger partial charge in [-0.15, -0.1) is 0 Å². The highest BCUT2D eigenvalue weighted by atomic mass is 19.1. The van der Waals surface area contributed by atoms with Crippen molar-refractivity contribution in [2.24, 2.45) is 0 Å². The van der Waals surface area contributed by atoms with Crippen LogP contribution in [0.2, 0.25) is 0 Å². The number of hydrogen-bond donors (Lipinski definition) is 2. The van der Waals surface area contributed by atoms with Crippen LogP contribution < -0.4 is 5.32 Å². The molecule has 1 unspecified atom stereocenters. The van der Waals surface area contributed by atoms with Crippen molar-refractivity contribution < 1.29 is 23.8 Å². The SMILES string of the molecule is COC(CNC(=O)C1(c2cccc(F)c2)CCC1)C(=O)O. The fourth-order valence-electron chi connectivity index (χ4n) is 2.59. The summed E-state index contributed by atoms with van der Waals surface area (Å²) < 4.78 is 18.1. The van der Waals surface area contributed by atoms with E-state index in [0.29, 0.717) is 18.4 Å². The molecule has 2 N–H and O–H groups in total. The Labute approximate surface area is 122 Å². The molecule has 1 amide bonds. The lowest BCUT2D eigenvalue weighted by molar-refractivity contribution is -0.148. The summed E-state index contributed by atoms with van der Waals surface area (Å²) in [7, 11) is 1.27. The van der Waals surface area contributed by atoms with Gasteiger partial charge in [0, 0.05) is 7.11 Å². The highest BCUT2D eigenvalue weighted by Gasteiger charge is 2.45. The minimum atomic E-state index is -1.13. The smallest absolute Gasteiger partial charge is 0.334 e. The van der Waals surface area contributed by atoms with Crippen LogP contribution in [-0.4, -0.2) is 36.7 Å². The Balaban J connectivity index is 2.10. The van der Waals surface area contributed by atoms with Gasteiger partial charge in [-0.25, -0.2) is 9.18 Å². The number of nitrogens with one attached hydrogen (secondary N) is 1. The van der Waals surface area contributed by atoms with E-state index in [2.05, 4.69) is 5.32 Å². The fraction of sp³-hybridized carbons (Fsp3) is 0.467. The molecule has 1 fully saturated rings. The van der Waals surface area contributed by atoms with Gasteiger partial charge in [-0.3, -0.25) is 4.79 Å². The molecule has 0 saturated heterocycles. The molecule has 1 atom stereocenters. The Morgan fingerprint density at radius 2 is 2.19 bits per heavy atom. The van der Waals surface area contributed by atoms with E-state index < -0.39 is 17.5 Å². The zero-order valence-corrected chi connectivity index (χ0v) is 11.8. The molecule has 0 aromatic heterocycles. The second-order valence-electron chi connectivity index (χ2n) is 5.22. The quantitative estimate of drug-likeness (QED) is 0.833. The van der Waals surface area contributed by atoms with Gasteiger partial charge in [0.25, 0.3) is 0 Å². The number of halogens is 1.